The number of hydrogen-bond acceptors (Lipinski definition) is 7. The first-order valence-electron chi connectivity index (χ1n) is 7.64. The summed E-state index contributed by atoms with van der Waals surface area (Å²) in [5.74, 6) is 1.65. The third-order valence-electron chi connectivity index (χ3n) is 3.72. The van der Waals surface area contributed by atoms with E-state index in [0.717, 1.165) is 25.2 Å². The van der Waals surface area contributed by atoms with E-state index in [4.69, 9.17) is 10.2 Å². The molecule has 3 aromatic rings. The van der Waals surface area contributed by atoms with Gasteiger partial charge in [-0.3, -0.25) is 0 Å². The van der Waals surface area contributed by atoms with Gasteiger partial charge in [-0.2, -0.15) is 0 Å². The first-order chi connectivity index (χ1) is 11.8. The number of nitrogens with zero attached hydrogens (tertiary/aromatic N) is 5. The highest BCUT2D eigenvalue weighted by molar-refractivity contribution is 5.65. The predicted octanol–water partition coefficient (Wildman–Crippen LogP) is 1.09. The largest absolute Gasteiger partial charge is 0.413 e. The first-order valence-corrected chi connectivity index (χ1v) is 7.64. The quantitative estimate of drug-likeness (QED) is 0.695. The lowest BCUT2D eigenvalue weighted by Crippen LogP contribution is -2.33. The molecule has 0 bridgehead atoms. The number of anilines is 1. The molecule has 2 aromatic heterocycles. The van der Waals surface area contributed by atoms with Crippen LogP contribution in [-0.2, 0) is 0 Å². The molecule has 3 heterocycles. The maximum Gasteiger partial charge on any atom is 0.342 e. The van der Waals surface area contributed by atoms with Crippen LogP contribution in [0.4, 0.5) is 11.6 Å². The molecule has 0 saturated carbocycles. The van der Waals surface area contributed by atoms with Crippen molar-refractivity contribution in [3.63, 3.8) is 0 Å². The van der Waals surface area contributed by atoms with Gasteiger partial charge in [-0.1, -0.05) is 18.2 Å². The molecular formula is C16H16N7O+. The van der Waals surface area contributed by atoms with Crippen molar-refractivity contribution in [1.29, 1.82) is 0 Å². The van der Waals surface area contributed by atoms with Gasteiger partial charge in [0, 0.05) is 12.1 Å². The fourth-order valence-corrected chi connectivity index (χ4v) is 2.48. The summed E-state index contributed by atoms with van der Waals surface area (Å²) in [5, 5.41) is 11.4. The number of aromatic nitrogens is 4. The van der Waals surface area contributed by atoms with E-state index in [2.05, 4.69) is 25.5 Å². The first kappa shape index (κ1) is 14.5. The van der Waals surface area contributed by atoms with Crippen LogP contribution in [0.5, 0.6) is 0 Å². The van der Waals surface area contributed by atoms with E-state index in [1.807, 2.05) is 41.1 Å². The van der Waals surface area contributed by atoms with Crippen molar-refractivity contribution in [2.45, 2.75) is 0 Å². The number of benzene rings is 1. The van der Waals surface area contributed by atoms with E-state index in [9.17, 15) is 0 Å². The Kier molecular flexibility index (Phi) is 3.72. The Morgan fingerprint density at radius 2 is 1.96 bits per heavy atom. The summed E-state index contributed by atoms with van der Waals surface area (Å²) in [6, 6.07) is 9.55. The molecule has 0 unspecified atom stereocenters. The topological polar surface area (TPSA) is 106 Å². The second-order valence-electron chi connectivity index (χ2n) is 5.32. The van der Waals surface area contributed by atoms with Crippen LogP contribution < -0.4 is 11.1 Å². The van der Waals surface area contributed by atoms with Gasteiger partial charge in [0.15, 0.2) is 5.82 Å². The van der Waals surface area contributed by atoms with E-state index in [1.165, 1.54) is 0 Å². The van der Waals surface area contributed by atoms with Crippen LogP contribution >= 0.6 is 0 Å². The van der Waals surface area contributed by atoms with E-state index in [1.54, 1.807) is 6.20 Å². The maximum atomic E-state index is 5.96. The van der Waals surface area contributed by atoms with Crippen molar-refractivity contribution in [3.8, 4) is 23.0 Å². The molecule has 8 heteroatoms. The van der Waals surface area contributed by atoms with Crippen LogP contribution in [0.25, 0.3) is 23.0 Å². The second kappa shape index (κ2) is 6.17. The molecule has 0 atom stereocenters. The van der Waals surface area contributed by atoms with Gasteiger partial charge in [0.2, 0.25) is 5.89 Å². The van der Waals surface area contributed by atoms with E-state index in [-0.39, 0.29) is 11.7 Å². The molecule has 8 nitrogen and oxygen atoms in total. The molecular weight excluding hydrogens is 306 g/mol. The van der Waals surface area contributed by atoms with Gasteiger partial charge in [-0.05, 0) is 17.1 Å². The summed E-state index contributed by atoms with van der Waals surface area (Å²) in [6.07, 6.45) is 3.67. The highest BCUT2D eigenvalue weighted by Gasteiger charge is 2.23. The van der Waals surface area contributed by atoms with Gasteiger partial charge in [-0.15, -0.1) is 10.2 Å². The Hall–Kier alpha value is -3.13. The minimum absolute atomic E-state index is 0.260. The SMILES string of the molecule is Nc1ncc([N+]2=CCNCC2)nc1-c1nnc(-c2ccccc2)o1. The van der Waals surface area contributed by atoms with Crippen LogP contribution in [0.15, 0.2) is 40.9 Å². The molecule has 0 fully saturated rings. The average Bonchev–Trinajstić information content (AvgIpc) is 3.13. The Morgan fingerprint density at radius 3 is 2.75 bits per heavy atom. The van der Waals surface area contributed by atoms with Gasteiger partial charge >= 0.3 is 5.82 Å². The van der Waals surface area contributed by atoms with E-state index < -0.39 is 0 Å². The number of rotatable bonds is 3. The number of hydrogen-bond donors (Lipinski definition) is 2. The fraction of sp³-hybridized carbons (Fsp3) is 0.188. The van der Waals surface area contributed by atoms with Crippen molar-refractivity contribution in [3.05, 3.63) is 36.5 Å². The van der Waals surface area contributed by atoms with Crippen molar-refractivity contribution in [2.75, 3.05) is 25.4 Å². The smallest absolute Gasteiger partial charge is 0.342 e. The van der Waals surface area contributed by atoms with E-state index in [0.29, 0.717) is 17.4 Å². The second-order valence-corrected chi connectivity index (χ2v) is 5.32. The van der Waals surface area contributed by atoms with Gasteiger partial charge in [0.25, 0.3) is 11.6 Å². The lowest BCUT2D eigenvalue weighted by molar-refractivity contribution is -0.442. The lowest BCUT2D eigenvalue weighted by Gasteiger charge is -2.10. The zero-order valence-corrected chi connectivity index (χ0v) is 12.9. The van der Waals surface area contributed by atoms with Gasteiger partial charge in [0.05, 0.1) is 12.8 Å². The highest BCUT2D eigenvalue weighted by atomic mass is 16.4. The van der Waals surface area contributed by atoms with Crippen LogP contribution in [-0.4, -0.2) is 50.6 Å². The Morgan fingerprint density at radius 1 is 1.12 bits per heavy atom. The zero-order chi connectivity index (χ0) is 16.4. The number of nitrogens with two attached hydrogens (primary N) is 1. The molecule has 1 aliphatic rings. The Balaban J connectivity index is 1.71. The summed E-state index contributed by atoms with van der Waals surface area (Å²) in [5.41, 5.74) is 7.20. The molecule has 0 saturated heterocycles. The minimum atomic E-state index is 0.260. The zero-order valence-electron chi connectivity index (χ0n) is 12.9. The standard InChI is InChI=1S/C16H16N7O/c17-14-13(20-12(10-19-14)23-8-6-18-7-9-23)16-22-21-15(24-16)11-4-2-1-3-5-11/h1-5,8,10,18H,6-7,9H2,(H2,17,19)/q+1. The number of nitrogen functional groups attached to an aromatic ring is 1. The molecule has 0 radical (unpaired) electrons. The monoisotopic (exact) mass is 322 g/mol. The third-order valence-corrected chi connectivity index (χ3v) is 3.72. The molecule has 24 heavy (non-hydrogen) atoms. The van der Waals surface area contributed by atoms with Crippen molar-refractivity contribution >= 4 is 17.9 Å². The Bertz CT molecular complexity index is 888. The van der Waals surface area contributed by atoms with Gasteiger partial charge in [-0.25, -0.2) is 9.56 Å². The summed E-state index contributed by atoms with van der Waals surface area (Å²) >= 11 is 0. The molecule has 0 spiro atoms. The van der Waals surface area contributed by atoms with E-state index >= 15 is 0 Å². The Labute approximate surface area is 138 Å². The molecule has 0 amide bonds. The van der Waals surface area contributed by atoms with Gasteiger partial charge < -0.3 is 15.5 Å². The molecule has 1 aliphatic heterocycles. The van der Waals surface area contributed by atoms with Crippen LogP contribution in [0.2, 0.25) is 0 Å². The fourth-order valence-electron chi connectivity index (χ4n) is 2.48. The molecule has 120 valence electrons. The van der Waals surface area contributed by atoms with Gasteiger partial charge in [0.1, 0.15) is 12.7 Å². The maximum absolute atomic E-state index is 5.96. The molecule has 4 rings (SSSR count). The summed E-state index contributed by atoms with van der Waals surface area (Å²) in [6.45, 7) is 2.49. The van der Waals surface area contributed by atoms with Crippen molar-refractivity contribution in [2.24, 2.45) is 0 Å². The molecule has 1 aromatic carbocycles. The van der Waals surface area contributed by atoms with Crippen LogP contribution in [0.3, 0.4) is 0 Å². The third kappa shape index (κ3) is 2.74. The predicted molar refractivity (Wildman–Crippen MR) is 88.9 cm³/mol. The summed E-state index contributed by atoms with van der Waals surface area (Å²) < 4.78 is 7.76. The molecule has 0 aliphatic carbocycles. The number of nitrogens with one attached hydrogen (secondary N) is 1. The highest BCUT2D eigenvalue weighted by Crippen LogP contribution is 2.26. The van der Waals surface area contributed by atoms with Crippen LogP contribution in [0, 0.1) is 0 Å². The van der Waals surface area contributed by atoms with Crippen LogP contribution in [0.1, 0.15) is 0 Å². The average molecular weight is 322 g/mol. The summed E-state index contributed by atoms with van der Waals surface area (Å²) in [4.78, 5) is 8.77. The normalized spacial score (nSPS) is 14.4. The van der Waals surface area contributed by atoms with Crippen molar-refractivity contribution in [1.82, 2.24) is 25.5 Å². The lowest BCUT2D eigenvalue weighted by atomic mass is 10.2. The summed E-state index contributed by atoms with van der Waals surface area (Å²) in [7, 11) is 0. The molecule has 3 N–H and O–H groups in total. The van der Waals surface area contributed by atoms with Crippen molar-refractivity contribution < 1.29 is 8.99 Å². The minimum Gasteiger partial charge on any atom is -0.413 e.